The molecule has 1 fully saturated rings. The number of carbonyl (C=O) groups excluding carboxylic acids is 3. The first-order chi connectivity index (χ1) is 23.1. The van der Waals surface area contributed by atoms with Gasteiger partial charge in [-0.2, -0.15) is 0 Å². The van der Waals surface area contributed by atoms with Crippen molar-refractivity contribution in [3.63, 3.8) is 0 Å². The lowest BCUT2D eigenvalue weighted by molar-refractivity contribution is -0.156. The van der Waals surface area contributed by atoms with E-state index < -0.39 is 36.2 Å². The minimum absolute atomic E-state index is 0.0128. The van der Waals surface area contributed by atoms with Crippen molar-refractivity contribution in [3.05, 3.63) is 65.2 Å². The number of fused-ring (bicyclic) bond motifs is 4. The Bertz CT molecular complexity index is 1540. The van der Waals surface area contributed by atoms with Crippen molar-refractivity contribution < 1.29 is 34.1 Å². The number of thiazole rings is 1. The van der Waals surface area contributed by atoms with Gasteiger partial charge in [0, 0.05) is 30.9 Å². The quantitative estimate of drug-likeness (QED) is 0.164. The molecule has 1 aromatic heterocycles. The fourth-order valence-electron chi connectivity index (χ4n) is 6.17. The average molecular weight is 680 g/mol. The number of allylic oxidation sites excluding steroid dienone is 5. The minimum atomic E-state index is -0.912. The van der Waals surface area contributed by atoms with Crippen molar-refractivity contribution in [3.8, 4) is 5.75 Å². The summed E-state index contributed by atoms with van der Waals surface area (Å²) >= 11 is 1.41. The van der Waals surface area contributed by atoms with Gasteiger partial charge in [-0.25, -0.2) is 9.78 Å². The Balaban J connectivity index is 1.56. The Hall–Kier alpha value is -3.80. The number of hydrogen-bond acceptors (Lipinski definition) is 9. The Kier molecular flexibility index (Phi) is 14.0. The number of esters is 1. The number of aromatic hydroxyl groups is 1. The third-order valence-corrected chi connectivity index (χ3v) is 10.1. The van der Waals surface area contributed by atoms with Gasteiger partial charge in [0.05, 0.1) is 40.0 Å². The van der Waals surface area contributed by atoms with Gasteiger partial charge in [-0.3, -0.25) is 9.59 Å². The van der Waals surface area contributed by atoms with E-state index in [4.69, 9.17) is 9.47 Å². The van der Waals surface area contributed by atoms with Gasteiger partial charge >= 0.3 is 5.97 Å². The van der Waals surface area contributed by atoms with Crippen LogP contribution in [0.15, 0.2) is 59.7 Å². The van der Waals surface area contributed by atoms with Crippen LogP contribution in [0.25, 0.3) is 10.2 Å². The number of phenols is 1. The Morgan fingerprint density at radius 3 is 2.65 bits per heavy atom. The third-order valence-electron chi connectivity index (χ3n) is 9.19. The van der Waals surface area contributed by atoms with Crippen molar-refractivity contribution in [1.82, 2.24) is 10.3 Å². The van der Waals surface area contributed by atoms with Crippen molar-refractivity contribution in [1.29, 1.82) is 0 Å². The number of amides is 2. The van der Waals surface area contributed by atoms with Crippen LogP contribution < -0.4 is 10.6 Å². The molecular weight excluding hydrogens is 630 g/mol. The first-order valence-corrected chi connectivity index (χ1v) is 17.7. The number of aliphatic hydroxyl groups is 1. The van der Waals surface area contributed by atoms with E-state index in [9.17, 15) is 24.6 Å². The molecule has 0 saturated heterocycles. The minimum Gasteiger partial charge on any atom is -0.505 e. The van der Waals surface area contributed by atoms with Crippen LogP contribution in [-0.2, 0) is 30.3 Å². The number of anilines is 1. The van der Waals surface area contributed by atoms with Crippen molar-refractivity contribution >= 4 is 45.0 Å². The van der Waals surface area contributed by atoms with Gasteiger partial charge in [0.1, 0.15) is 17.9 Å². The molecule has 2 aliphatic rings. The summed E-state index contributed by atoms with van der Waals surface area (Å²) in [4.78, 5) is 43.3. The number of phenolic OH excluding ortho intramolecular Hbond substituents is 1. The first kappa shape index (κ1) is 37.0. The summed E-state index contributed by atoms with van der Waals surface area (Å²) in [6, 6.07) is 0.850. The number of hydrogen-bond donors (Lipinski definition) is 4. The summed E-state index contributed by atoms with van der Waals surface area (Å²) in [5, 5.41) is 28.3. The number of nitrogens with zero attached hydrogens (tertiary/aromatic N) is 1. The van der Waals surface area contributed by atoms with E-state index >= 15 is 0 Å². The molecule has 11 heteroatoms. The van der Waals surface area contributed by atoms with E-state index in [-0.39, 0.29) is 35.6 Å². The number of aliphatic hydroxyl groups excluding tert-OH is 1. The Morgan fingerprint density at radius 1 is 1.15 bits per heavy atom. The molecule has 2 bridgehead atoms. The number of ether oxygens (including phenoxy) is 2. The monoisotopic (exact) mass is 679 g/mol. The molecule has 10 nitrogen and oxygen atoms in total. The molecule has 1 aromatic carbocycles. The number of nitrogens with one attached hydrogen (secondary N) is 2. The molecule has 5 unspecified atom stereocenters. The summed E-state index contributed by atoms with van der Waals surface area (Å²) in [7, 11) is 1.53. The van der Waals surface area contributed by atoms with Crippen molar-refractivity contribution in [2.45, 2.75) is 103 Å². The maximum atomic E-state index is 13.2. The zero-order chi connectivity index (χ0) is 34.6. The number of methoxy groups -OCH3 is 1. The van der Waals surface area contributed by atoms with E-state index in [1.165, 1.54) is 18.4 Å². The van der Waals surface area contributed by atoms with Crippen LogP contribution in [0.1, 0.15) is 77.7 Å². The normalized spacial score (nSPS) is 27.4. The third kappa shape index (κ3) is 10.1. The zero-order valence-electron chi connectivity index (χ0n) is 28.3. The molecule has 4 N–H and O–H groups in total. The van der Waals surface area contributed by atoms with Gasteiger partial charge in [-0.1, -0.05) is 68.7 Å². The average Bonchev–Trinajstić information content (AvgIpc) is 3.55. The fraction of sp³-hybridized carbons (Fsp3) is 0.514. The van der Waals surface area contributed by atoms with Crippen LogP contribution in [0.3, 0.4) is 0 Å². The molecule has 260 valence electrons. The van der Waals surface area contributed by atoms with Crippen LogP contribution in [0.4, 0.5) is 5.69 Å². The molecule has 4 rings (SSSR count). The molecule has 2 amide bonds. The maximum Gasteiger partial charge on any atom is 0.328 e. The summed E-state index contributed by atoms with van der Waals surface area (Å²) < 4.78 is 12.3. The molecule has 1 aliphatic heterocycles. The molecule has 1 aliphatic carbocycles. The number of carbonyl (C=O) groups is 3. The molecule has 2 heterocycles. The molecule has 0 radical (unpaired) electrons. The van der Waals surface area contributed by atoms with Crippen LogP contribution >= 0.6 is 11.3 Å². The van der Waals surface area contributed by atoms with Crippen LogP contribution in [0, 0.1) is 11.8 Å². The van der Waals surface area contributed by atoms with E-state index in [2.05, 4.69) is 15.6 Å². The lowest BCUT2D eigenvalue weighted by atomic mass is 9.88. The molecule has 5 atom stereocenters. The highest BCUT2D eigenvalue weighted by atomic mass is 32.1. The molecule has 2 aromatic rings. The maximum absolute atomic E-state index is 13.2. The molecular formula is C37H49N3O7S. The summed E-state index contributed by atoms with van der Waals surface area (Å²) in [5.41, 5.74) is 4.03. The van der Waals surface area contributed by atoms with Gasteiger partial charge in [0.15, 0.2) is 0 Å². The number of benzene rings is 1. The zero-order valence-corrected chi connectivity index (χ0v) is 29.1. The Morgan fingerprint density at radius 2 is 1.90 bits per heavy atom. The topological polar surface area (TPSA) is 147 Å². The second-order valence-corrected chi connectivity index (χ2v) is 13.6. The number of aromatic nitrogens is 1. The van der Waals surface area contributed by atoms with Gasteiger partial charge < -0.3 is 30.3 Å². The van der Waals surface area contributed by atoms with E-state index in [0.717, 1.165) is 36.8 Å². The molecule has 1 saturated carbocycles. The predicted octanol–water partition coefficient (Wildman–Crippen LogP) is 6.29. The van der Waals surface area contributed by atoms with Crippen molar-refractivity contribution in [2.75, 3.05) is 12.4 Å². The standard InChI is InChI=1S/C37H49N3O7S/c1-23-14-13-18-28-34(43)29(21-30-35(28)48-22-38-30)40-32(41)20-27(46-4)17-11-6-5-7-12-19-31(24(2)33(23)42)47-37(45)25(3)39-36(44)26-15-9-8-10-16-26/h5-7,11-12,14,17,21-22,24-27,31,33,42-43H,8-10,13,15-16,18-20H2,1-4H3,(H,39,44)(H,40,41)/b6-5-,12-7-,17-11-,23-14-. The molecule has 0 spiro atoms. The number of aryl methyl sites for hydroxylation is 1. The van der Waals surface area contributed by atoms with Gasteiger partial charge in [0.2, 0.25) is 11.8 Å². The van der Waals surface area contributed by atoms with E-state index in [0.29, 0.717) is 35.9 Å². The van der Waals surface area contributed by atoms with Gasteiger partial charge in [-0.05, 0) is 51.2 Å². The molecule has 48 heavy (non-hydrogen) atoms. The fourth-order valence-corrected chi connectivity index (χ4v) is 7.01. The van der Waals surface area contributed by atoms with Gasteiger partial charge in [-0.15, -0.1) is 11.3 Å². The van der Waals surface area contributed by atoms with Crippen LogP contribution in [0.5, 0.6) is 5.75 Å². The SMILES string of the molecule is COC1\C=C/C=C\C=C/CC(OC(=O)C(C)NC(=O)C2CCCCC2)C(C)C(O)/C(C)=C\CCc2c(O)c(cc3ncsc23)NC(=O)C1. The summed E-state index contributed by atoms with van der Waals surface area (Å²) in [6.45, 7) is 5.31. The highest BCUT2D eigenvalue weighted by Gasteiger charge is 2.31. The first-order valence-electron chi connectivity index (χ1n) is 16.8. The summed E-state index contributed by atoms with van der Waals surface area (Å²) in [6.07, 6.45) is 16.9. The smallest absolute Gasteiger partial charge is 0.328 e. The number of rotatable bonds is 5. The second-order valence-electron chi connectivity index (χ2n) is 12.7. The van der Waals surface area contributed by atoms with E-state index in [1.54, 1.807) is 36.7 Å². The van der Waals surface area contributed by atoms with Crippen LogP contribution in [0.2, 0.25) is 0 Å². The van der Waals surface area contributed by atoms with Gasteiger partial charge in [0.25, 0.3) is 0 Å². The highest BCUT2D eigenvalue weighted by Crippen LogP contribution is 2.38. The second kappa shape index (κ2) is 18.1. The Labute approximate surface area is 287 Å². The highest BCUT2D eigenvalue weighted by molar-refractivity contribution is 7.17. The lowest BCUT2D eigenvalue weighted by Crippen LogP contribution is -2.45. The lowest BCUT2D eigenvalue weighted by Gasteiger charge is -2.29. The predicted molar refractivity (Wildman–Crippen MR) is 189 cm³/mol. The largest absolute Gasteiger partial charge is 0.505 e. The summed E-state index contributed by atoms with van der Waals surface area (Å²) in [5.74, 6) is -1.52. The van der Waals surface area contributed by atoms with Crippen molar-refractivity contribution in [2.24, 2.45) is 11.8 Å². The van der Waals surface area contributed by atoms with Crippen LogP contribution in [-0.4, -0.2) is 64.4 Å². The van der Waals surface area contributed by atoms with E-state index in [1.807, 2.05) is 38.2 Å².